The molecule has 0 atom stereocenters. The highest BCUT2D eigenvalue weighted by Crippen LogP contribution is 2.24. The third-order valence-electron chi connectivity index (χ3n) is 2.33. The molecule has 0 fully saturated rings. The first-order valence-corrected chi connectivity index (χ1v) is 4.74. The van der Waals surface area contributed by atoms with Crippen LogP contribution in [0.3, 0.4) is 0 Å². The van der Waals surface area contributed by atoms with Gasteiger partial charge in [-0.05, 0) is 13.8 Å². The van der Waals surface area contributed by atoms with Gasteiger partial charge in [-0.1, -0.05) is 0 Å². The molecule has 0 saturated heterocycles. The van der Waals surface area contributed by atoms with Crippen LogP contribution >= 0.6 is 0 Å². The average molecular weight is 224 g/mol. The van der Waals surface area contributed by atoms with Crippen LogP contribution in [0.2, 0.25) is 0 Å². The summed E-state index contributed by atoms with van der Waals surface area (Å²) in [4.78, 5) is 24.8. The van der Waals surface area contributed by atoms with E-state index in [1.165, 1.54) is 6.20 Å². The fraction of sp³-hybridized carbons (Fsp3) is 0.400. The maximum Gasteiger partial charge on any atom is 0.303 e. The van der Waals surface area contributed by atoms with Crippen molar-refractivity contribution in [2.45, 2.75) is 26.7 Å². The molecule has 86 valence electrons. The second-order valence-corrected chi connectivity index (χ2v) is 3.51. The summed E-state index contributed by atoms with van der Waals surface area (Å²) in [6, 6.07) is 0. The molecule has 0 aliphatic carbocycles. The van der Waals surface area contributed by atoms with Gasteiger partial charge in [0.15, 0.2) is 0 Å². The van der Waals surface area contributed by atoms with Gasteiger partial charge < -0.3 is 5.11 Å². The third-order valence-corrected chi connectivity index (χ3v) is 2.33. The Labute approximate surface area is 92.1 Å². The molecule has 16 heavy (non-hydrogen) atoms. The normalized spacial score (nSPS) is 10.1. The van der Waals surface area contributed by atoms with Gasteiger partial charge in [-0.3, -0.25) is 19.9 Å². The molecule has 0 unspecified atom stereocenters. The minimum absolute atomic E-state index is 0.0235. The van der Waals surface area contributed by atoms with Crippen LogP contribution in [0.25, 0.3) is 0 Å². The number of hydrogen-bond donors (Lipinski definition) is 1. The number of aromatic nitrogens is 1. The highest BCUT2D eigenvalue weighted by atomic mass is 16.6. The van der Waals surface area contributed by atoms with E-state index >= 15 is 0 Å². The maximum atomic E-state index is 10.8. The lowest BCUT2D eigenvalue weighted by Gasteiger charge is -2.05. The predicted octanol–water partition coefficient (Wildman–Crippen LogP) is 1.62. The van der Waals surface area contributed by atoms with Crippen LogP contribution in [-0.2, 0) is 11.2 Å². The van der Waals surface area contributed by atoms with Crippen LogP contribution in [0.15, 0.2) is 6.20 Å². The van der Waals surface area contributed by atoms with Gasteiger partial charge >= 0.3 is 5.97 Å². The smallest absolute Gasteiger partial charge is 0.303 e. The first-order valence-electron chi connectivity index (χ1n) is 4.74. The van der Waals surface area contributed by atoms with Crippen LogP contribution in [-0.4, -0.2) is 21.0 Å². The largest absolute Gasteiger partial charge is 0.481 e. The van der Waals surface area contributed by atoms with Crippen LogP contribution < -0.4 is 0 Å². The molecule has 6 nitrogen and oxygen atoms in total. The Morgan fingerprint density at radius 1 is 1.56 bits per heavy atom. The molecule has 1 aromatic rings. The van der Waals surface area contributed by atoms with Gasteiger partial charge in [0.25, 0.3) is 5.69 Å². The summed E-state index contributed by atoms with van der Waals surface area (Å²) >= 11 is 0. The highest BCUT2D eigenvalue weighted by Gasteiger charge is 2.18. The number of rotatable bonds is 4. The quantitative estimate of drug-likeness (QED) is 0.619. The minimum atomic E-state index is -0.940. The van der Waals surface area contributed by atoms with Gasteiger partial charge in [0, 0.05) is 23.7 Å². The lowest BCUT2D eigenvalue weighted by Crippen LogP contribution is -2.05. The molecule has 0 amide bonds. The van der Waals surface area contributed by atoms with Crippen molar-refractivity contribution in [2.75, 3.05) is 0 Å². The molecular formula is C10H12N2O4. The Morgan fingerprint density at radius 2 is 2.19 bits per heavy atom. The zero-order valence-electron chi connectivity index (χ0n) is 9.06. The van der Waals surface area contributed by atoms with Gasteiger partial charge in [-0.25, -0.2) is 0 Å². The Morgan fingerprint density at radius 3 is 2.69 bits per heavy atom. The standard InChI is InChI=1S/C10H12N2O4/c1-6-5-11-8(3-4-9(13)14)7(2)10(6)12(15)16/h5H,3-4H2,1-2H3,(H,13,14). The predicted molar refractivity (Wildman–Crippen MR) is 56.3 cm³/mol. The first-order chi connectivity index (χ1) is 7.43. The second-order valence-electron chi connectivity index (χ2n) is 3.51. The number of pyridine rings is 1. The Kier molecular flexibility index (Phi) is 3.55. The molecule has 0 aliphatic rings. The summed E-state index contributed by atoms with van der Waals surface area (Å²) in [5.74, 6) is -0.940. The molecule has 1 aromatic heterocycles. The van der Waals surface area contributed by atoms with Crippen molar-refractivity contribution < 1.29 is 14.8 Å². The van der Waals surface area contributed by atoms with Gasteiger partial charge in [-0.15, -0.1) is 0 Å². The summed E-state index contributed by atoms with van der Waals surface area (Å²) in [6.45, 7) is 3.20. The van der Waals surface area contributed by atoms with E-state index in [0.29, 0.717) is 16.8 Å². The van der Waals surface area contributed by atoms with E-state index in [-0.39, 0.29) is 18.5 Å². The number of nitro groups is 1. The molecule has 0 aliphatic heterocycles. The molecular weight excluding hydrogens is 212 g/mol. The Hall–Kier alpha value is -1.98. The summed E-state index contributed by atoms with van der Waals surface area (Å²) in [5, 5.41) is 19.3. The van der Waals surface area contributed by atoms with Crippen molar-refractivity contribution in [3.63, 3.8) is 0 Å². The Bertz CT molecular complexity index is 443. The van der Waals surface area contributed by atoms with Crippen molar-refractivity contribution in [3.05, 3.63) is 33.1 Å². The molecule has 0 radical (unpaired) electrons. The molecule has 0 spiro atoms. The Balaban J connectivity index is 3.08. The topological polar surface area (TPSA) is 93.3 Å². The zero-order valence-corrected chi connectivity index (χ0v) is 9.06. The average Bonchev–Trinajstić information content (AvgIpc) is 2.15. The van der Waals surface area contributed by atoms with Crippen molar-refractivity contribution >= 4 is 11.7 Å². The molecule has 1 N–H and O–H groups in total. The number of aliphatic carboxylic acids is 1. The van der Waals surface area contributed by atoms with Crippen molar-refractivity contribution in [3.8, 4) is 0 Å². The molecule has 1 rings (SSSR count). The van der Waals surface area contributed by atoms with Crippen LogP contribution in [0.5, 0.6) is 0 Å². The van der Waals surface area contributed by atoms with Crippen LogP contribution in [0, 0.1) is 24.0 Å². The van der Waals surface area contributed by atoms with E-state index in [9.17, 15) is 14.9 Å². The van der Waals surface area contributed by atoms with Crippen LogP contribution in [0.1, 0.15) is 23.2 Å². The number of carboxylic acids is 1. The fourth-order valence-electron chi connectivity index (χ4n) is 1.52. The van der Waals surface area contributed by atoms with E-state index in [1.54, 1.807) is 13.8 Å². The van der Waals surface area contributed by atoms with Crippen LogP contribution in [0.4, 0.5) is 5.69 Å². The first kappa shape index (κ1) is 12.1. The third kappa shape index (κ3) is 2.53. The molecule has 0 saturated carbocycles. The number of carboxylic acid groups (broad SMARTS) is 1. The summed E-state index contributed by atoms with van der Waals surface area (Å²) in [5.41, 5.74) is 1.43. The lowest BCUT2D eigenvalue weighted by atomic mass is 10.1. The second kappa shape index (κ2) is 4.69. The van der Waals surface area contributed by atoms with Gasteiger partial charge in [0.2, 0.25) is 0 Å². The molecule has 0 bridgehead atoms. The molecule has 1 heterocycles. The number of hydrogen-bond acceptors (Lipinski definition) is 4. The van der Waals surface area contributed by atoms with Gasteiger partial charge in [0.1, 0.15) is 0 Å². The number of aryl methyl sites for hydroxylation is 2. The van der Waals surface area contributed by atoms with E-state index < -0.39 is 10.9 Å². The van der Waals surface area contributed by atoms with Gasteiger partial charge in [-0.2, -0.15) is 0 Å². The molecule has 6 heteroatoms. The lowest BCUT2D eigenvalue weighted by molar-refractivity contribution is -0.386. The maximum absolute atomic E-state index is 10.8. The van der Waals surface area contributed by atoms with Crippen molar-refractivity contribution in [2.24, 2.45) is 0 Å². The zero-order chi connectivity index (χ0) is 12.3. The SMILES string of the molecule is Cc1cnc(CCC(=O)O)c(C)c1[N+](=O)[O-]. The summed E-state index contributed by atoms with van der Waals surface area (Å²) in [7, 11) is 0. The van der Waals surface area contributed by atoms with E-state index in [0.717, 1.165) is 0 Å². The minimum Gasteiger partial charge on any atom is -0.481 e. The monoisotopic (exact) mass is 224 g/mol. The fourth-order valence-corrected chi connectivity index (χ4v) is 1.52. The number of carbonyl (C=O) groups is 1. The van der Waals surface area contributed by atoms with Crippen molar-refractivity contribution in [1.82, 2.24) is 4.98 Å². The van der Waals surface area contributed by atoms with E-state index in [4.69, 9.17) is 5.11 Å². The van der Waals surface area contributed by atoms with Gasteiger partial charge in [0.05, 0.1) is 17.0 Å². The van der Waals surface area contributed by atoms with E-state index in [2.05, 4.69) is 4.98 Å². The molecule has 0 aromatic carbocycles. The highest BCUT2D eigenvalue weighted by molar-refractivity contribution is 5.67. The van der Waals surface area contributed by atoms with Crippen molar-refractivity contribution in [1.29, 1.82) is 0 Å². The summed E-state index contributed by atoms with van der Waals surface area (Å²) in [6.07, 6.45) is 1.54. The number of nitrogens with zero attached hydrogens (tertiary/aromatic N) is 2. The summed E-state index contributed by atoms with van der Waals surface area (Å²) < 4.78 is 0. The van der Waals surface area contributed by atoms with E-state index in [1.807, 2.05) is 0 Å².